The molecule has 8 heteroatoms. The van der Waals surface area contributed by atoms with Gasteiger partial charge in [0.2, 0.25) is 20.0 Å². The Morgan fingerprint density at radius 2 is 1.26 bits per heavy atom. The highest BCUT2D eigenvalue weighted by atomic mass is 32.2. The Balaban J connectivity index is 1.79. The monoisotopic (exact) mass is 414 g/mol. The summed E-state index contributed by atoms with van der Waals surface area (Å²) in [6.07, 6.45) is 9.00. The standard InChI is InChI=1S/C19H30N2O4S2/c1-20(17-9-5-2-3-6-10-17)26(22,23)18-11-13-19(14-12-18)27(24,25)21-15-7-4-8-16-21/h11-14,17H,2-10,15-16H2,1H3. The van der Waals surface area contributed by atoms with E-state index in [1.54, 1.807) is 7.05 Å². The summed E-state index contributed by atoms with van der Waals surface area (Å²) < 4.78 is 54.4. The normalized spacial score (nSPS) is 21.3. The van der Waals surface area contributed by atoms with Crippen molar-refractivity contribution in [1.82, 2.24) is 8.61 Å². The van der Waals surface area contributed by atoms with Crippen LogP contribution in [0.15, 0.2) is 34.1 Å². The van der Waals surface area contributed by atoms with Gasteiger partial charge in [0, 0.05) is 26.2 Å². The maximum Gasteiger partial charge on any atom is 0.243 e. The van der Waals surface area contributed by atoms with Crippen LogP contribution in [0.4, 0.5) is 0 Å². The van der Waals surface area contributed by atoms with Gasteiger partial charge < -0.3 is 0 Å². The molecule has 0 radical (unpaired) electrons. The van der Waals surface area contributed by atoms with Crippen molar-refractivity contribution in [3.8, 4) is 0 Å². The molecule has 2 fully saturated rings. The van der Waals surface area contributed by atoms with Crippen molar-refractivity contribution < 1.29 is 16.8 Å². The molecule has 0 N–H and O–H groups in total. The minimum atomic E-state index is -3.62. The molecule has 152 valence electrons. The lowest BCUT2D eigenvalue weighted by atomic mass is 10.1. The Labute approximate surface area is 163 Å². The molecule has 0 spiro atoms. The molecular formula is C19H30N2O4S2. The van der Waals surface area contributed by atoms with E-state index < -0.39 is 20.0 Å². The summed E-state index contributed by atoms with van der Waals surface area (Å²) in [6.45, 7) is 1.07. The first-order valence-electron chi connectivity index (χ1n) is 9.92. The Kier molecular flexibility index (Phi) is 6.61. The highest BCUT2D eigenvalue weighted by molar-refractivity contribution is 7.89. The van der Waals surface area contributed by atoms with Crippen LogP contribution in [0, 0.1) is 0 Å². The van der Waals surface area contributed by atoms with Gasteiger partial charge in [-0.25, -0.2) is 16.8 Å². The summed E-state index contributed by atoms with van der Waals surface area (Å²) in [4.78, 5) is 0.326. The van der Waals surface area contributed by atoms with E-state index in [4.69, 9.17) is 0 Å². The van der Waals surface area contributed by atoms with E-state index in [0.717, 1.165) is 57.8 Å². The molecule has 0 atom stereocenters. The van der Waals surface area contributed by atoms with Gasteiger partial charge >= 0.3 is 0 Å². The van der Waals surface area contributed by atoms with Crippen LogP contribution in [0.25, 0.3) is 0 Å². The molecule has 0 unspecified atom stereocenters. The quantitative estimate of drug-likeness (QED) is 0.694. The molecular weight excluding hydrogens is 384 g/mol. The Morgan fingerprint density at radius 1 is 0.778 bits per heavy atom. The smallest absolute Gasteiger partial charge is 0.207 e. The van der Waals surface area contributed by atoms with Crippen molar-refractivity contribution >= 4 is 20.0 Å². The number of hydrogen-bond donors (Lipinski definition) is 0. The van der Waals surface area contributed by atoms with Crippen molar-refractivity contribution in [2.75, 3.05) is 20.1 Å². The van der Waals surface area contributed by atoms with Gasteiger partial charge in [-0.3, -0.25) is 0 Å². The van der Waals surface area contributed by atoms with Crippen LogP contribution in [0.5, 0.6) is 0 Å². The fourth-order valence-electron chi connectivity index (χ4n) is 4.02. The van der Waals surface area contributed by atoms with Crippen LogP contribution in [-0.2, 0) is 20.0 Å². The summed E-state index contributed by atoms with van der Waals surface area (Å²) in [5, 5.41) is 0. The van der Waals surface area contributed by atoms with Crippen LogP contribution < -0.4 is 0 Å². The zero-order valence-corrected chi connectivity index (χ0v) is 17.6. The second-order valence-electron chi connectivity index (χ2n) is 7.60. The molecule has 1 heterocycles. The molecule has 1 aromatic carbocycles. The summed E-state index contributed by atoms with van der Waals surface area (Å²) in [6, 6.07) is 5.74. The van der Waals surface area contributed by atoms with Crippen LogP contribution in [-0.4, -0.2) is 51.6 Å². The fourth-order valence-corrected chi connectivity index (χ4v) is 6.95. The Bertz CT molecular complexity index is 821. The minimum absolute atomic E-state index is 0.0225. The van der Waals surface area contributed by atoms with Gasteiger partial charge in [0.1, 0.15) is 0 Å². The Morgan fingerprint density at radius 3 is 1.81 bits per heavy atom. The van der Waals surface area contributed by atoms with E-state index in [9.17, 15) is 16.8 Å². The third kappa shape index (κ3) is 4.55. The Hall–Kier alpha value is -0.960. The van der Waals surface area contributed by atoms with Gasteiger partial charge in [-0.15, -0.1) is 0 Å². The maximum atomic E-state index is 13.0. The molecule has 1 aliphatic heterocycles. The first-order chi connectivity index (χ1) is 12.8. The topological polar surface area (TPSA) is 74.8 Å². The molecule has 3 rings (SSSR count). The van der Waals surface area contributed by atoms with E-state index in [0.29, 0.717) is 13.1 Å². The second kappa shape index (κ2) is 8.59. The maximum absolute atomic E-state index is 13.0. The number of benzene rings is 1. The first-order valence-corrected chi connectivity index (χ1v) is 12.8. The summed E-state index contributed by atoms with van der Waals surface area (Å²) in [5.41, 5.74) is 0. The van der Waals surface area contributed by atoms with Crippen LogP contribution in [0.1, 0.15) is 57.8 Å². The van der Waals surface area contributed by atoms with Crippen molar-refractivity contribution in [3.05, 3.63) is 24.3 Å². The number of hydrogen-bond acceptors (Lipinski definition) is 4. The number of sulfonamides is 2. The van der Waals surface area contributed by atoms with Crippen molar-refractivity contribution in [2.24, 2.45) is 0 Å². The van der Waals surface area contributed by atoms with Crippen LogP contribution in [0.2, 0.25) is 0 Å². The predicted molar refractivity (Wildman–Crippen MR) is 105 cm³/mol. The number of rotatable bonds is 5. The number of piperidine rings is 1. The highest BCUT2D eigenvalue weighted by Gasteiger charge is 2.30. The lowest BCUT2D eigenvalue weighted by molar-refractivity contribution is 0.335. The van der Waals surface area contributed by atoms with Gasteiger partial charge in [-0.05, 0) is 49.9 Å². The van der Waals surface area contributed by atoms with E-state index in [2.05, 4.69) is 0 Å². The van der Waals surface area contributed by atoms with Gasteiger partial charge in [-0.1, -0.05) is 32.1 Å². The van der Waals surface area contributed by atoms with E-state index in [1.807, 2.05) is 0 Å². The van der Waals surface area contributed by atoms with Gasteiger partial charge in [0.25, 0.3) is 0 Å². The number of nitrogens with zero attached hydrogens (tertiary/aromatic N) is 2. The molecule has 6 nitrogen and oxygen atoms in total. The average molecular weight is 415 g/mol. The molecule has 27 heavy (non-hydrogen) atoms. The fraction of sp³-hybridized carbons (Fsp3) is 0.684. The third-order valence-electron chi connectivity index (χ3n) is 5.79. The van der Waals surface area contributed by atoms with Crippen molar-refractivity contribution in [2.45, 2.75) is 73.6 Å². The lowest BCUT2D eigenvalue weighted by Gasteiger charge is -2.27. The van der Waals surface area contributed by atoms with E-state index in [1.165, 1.54) is 32.9 Å². The van der Waals surface area contributed by atoms with Crippen LogP contribution in [0.3, 0.4) is 0 Å². The first kappa shape index (κ1) is 20.8. The molecule has 0 bridgehead atoms. The molecule has 0 aromatic heterocycles. The van der Waals surface area contributed by atoms with Gasteiger partial charge in [0.05, 0.1) is 9.79 Å². The van der Waals surface area contributed by atoms with Crippen molar-refractivity contribution in [1.29, 1.82) is 0 Å². The average Bonchev–Trinajstić information content (AvgIpc) is 2.97. The molecule has 1 saturated heterocycles. The summed E-state index contributed by atoms with van der Waals surface area (Å²) in [7, 11) is -5.52. The summed E-state index contributed by atoms with van der Waals surface area (Å²) >= 11 is 0. The molecule has 1 saturated carbocycles. The van der Waals surface area contributed by atoms with Gasteiger partial charge in [-0.2, -0.15) is 8.61 Å². The molecule has 2 aliphatic rings. The third-order valence-corrected chi connectivity index (χ3v) is 9.63. The summed E-state index contributed by atoms with van der Waals surface area (Å²) in [5.74, 6) is 0. The second-order valence-corrected chi connectivity index (χ2v) is 11.5. The zero-order valence-electron chi connectivity index (χ0n) is 16.0. The zero-order chi connectivity index (χ0) is 19.5. The minimum Gasteiger partial charge on any atom is -0.207 e. The van der Waals surface area contributed by atoms with Crippen LogP contribution >= 0.6 is 0 Å². The molecule has 0 amide bonds. The van der Waals surface area contributed by atoms with E-state index in [-0.39, 0.29) is 15.8 Å². The lowest BCUT2D eigenvalue weighted by Crippen LogP contribution is -2.37. The highest BCUT2D eigenvalue weighted by Crippen LogP contribution is 2.27. The van der Waals surface area contributed by atoms with E-state index >= 15 is 0 Å². The molecule has 1 aliphatic carbocycles. The van der Waals surface area contributed by atoms with Crippen molar-refractivity contribution in [3.63, 3.8) is 0 Å². The predicted octanol–water partition coefficient (Wildman–Crippen LogP) is 3.20. The van der Waals surface area contributed by atoms with Gasteiger partial charge in [0.15, 0.2) is 0 Å². The largest absolute Gasteiger partial charge is 0.243 e. The molecule has 1 aromatic rings. The SMILES string of the molecule is CN(C1CCCCCC1)S(=O)(=O)c1ccc(S(=O)(=O)N2CCCCC2)cc1.